The molecule has 24 heavy (non-hydrogen) atoms. The van der Waals surface area contributed by atoms with Crippen LogP contribution in [0.5, 0.6) is 0 Å². The largest absolute Gasteiger partial charge is 0.465 e. The lowest BCUT2D eigenvalue weighted by Crippen LogP contribution is -2.47. The lowest BCUT2D eigenvalue weighted by atomic mass is 10.3. The molecular weight excluding hydrogens is 368 g/mol. The van der Waals surface area contributed by atoms with Crippen LogP contribution >= 0.6 is 34.9 Å². The van der Waals surface area contributed by atoms with Crippen molar-refractivity contribution in [3.05, 3.63) is 39.6 Å². The van der Waals surface area contributed by atoms with Gasteiger partial charge in [-0.3, -0.25) is 4.79 Å². The van der Waals surface area contributed by atoms with Gasteiger partial charge in [0.1, 0.15) is 5.76 Å². The summed E-state index contributed by atoms with van der Waals surface area (Å²) in [6, 6.07) is 3.61. The summed E-state index contributed by atoms with van der Waals surface area (Å²) in [4.78, 5) is 21.2. The number of nitrogens with zero attached hydrogens (tertiary/aromatic N) is 4. The normalized spacial score (nSPS) is 20.1. The number of amidine groups is 1. The molecule has 6 nitrogen and oxygen atoms in total. The Bertz CT molecular complexity index is 807. The van der Waals surface area contributed by atoms with Gasteiger partial charge in [-0.2, -0.15) is 9.37 Å². The van der Waals surface area contributed by atoms with E-state index in [0.717, 1.165) is 37.0 Å². The fourth-order valence-corrected chi connectivity index (χ4v) is 4.50. The number of aromatic nitrogens is 1. The van der Waals surface area contributed by atoms with Crippen molar-refractivity contribution >= 4 is 57.7 Å². The van der Waals surface area contributed by atoms with Gasteiger partial charge in [-0.05, 0) is 35.4 Å². The highest BCUT2D eigenvalue weighted by molar-refractivity contribution is 8.18. The van der Waals surface area contributed by atoms with E-state index in [2.05, 4.69) is 19.2 Å². The number of thioether (sulfide) groups is 1. The number of carbonyl (C=O) groups excluding carboxylic acids is 1. The van der Waals surface area contributed by atoms with E-state index < -0.39 is 0 Å². The van der Waals surface area contributed by atoms with Crippen molar-refractivity contribution in [3.8, 4) is 0 Å². The third-order valence-electron chi connectivity index (χ3n) is 3.83. The molecule has 1 amide bonds. The highest BCUT2D eigenvalue weighted by Gasteiger charge is 2.29. The summed E-state index contributed by atoms with van der Waals surface area (Å²) in [5, 5.41) is 3.28. The summed E-state index contributed by atoms with van der Waals surface area (Å²) >= 11 is 8.86. The van der Waals surface area contributed by atoms with E-state index in [1.165, 1.54) is 23.3 Å². The SMILES string of the molecule is O=C1N=C(N2CCN(c3csnc3Cl)CC2)SC1=Cc1ccco1. The number of aliphatic imine (C=N–C) groups is 1. The molecule has 0 bridgehead atoms. The Labute approximate surface area is 152 Å². The zero-order valence-electron chi connectivity index (χ0n) is 12.5. The summed E-state index contributed by atoms with van der Waals surface area (Å²) in [7, 11) is 0. The molecule has 2 aliphatic rings. The summed E-state index contributed by atoms with van der Waals surface area (Å²) in [5.41, 5.74) is 0.983. The molecule has 1 fully saturated rings. The van der Waals surface area contributed by atoms with Gasteiger partial charge >= 0.3 is 0 Å². The maximum absolute atomic E-state index is 12.1. The van der Waals surface area contributed by atoms with Crippen molar-refractivity contribution in [2.24, 2.45) is 4.99 Å². The second kappa shape index (κ2) is 6.62. The molecule has 2 aromatic heterocycles. The summed E-state index contributed by atoms with van der Waals surface area (Å²) < 4.78 is 9.37. The van der Waals surface area contributed by atoms with E-state index in [4.69, 9.17) is 16.0 Å². The monoisotopic (exact) mass is 380 g/mol. The maximum Gasteiger partial charge on any atom is 0.286 e. The van der Waals surface area contributed by atoms with E-state index in [1.54, 1.807) is 18.4 Å². The van der Waals surface area contributed by atoms with Gasteiger partial charge in [0.25, 0.3) is 5.91 Å². The molecule has 0 aliphatic carbocycles. The number of furan rings is 1. The molecule has 124 valence electrons. The zero-order chi connectivity index (χ0) is 16.5. The van der Waals surface area contributed by atoms with Gasteiger partial charge in [-0.25, -0.2) is 0 Å². The molecule has 4 rings (SSSR count). The highest BCUT2D eigenvalue weighted by Crippen LogP contribution is 2.32. The summed E-state index contributed by atoms with van der Waals surface area (Å²) in [6.07, 6.45) is 3.32. The quantitative estimate of drug-likeness (QED) is 0.746. The molecule has 9 heteroatoms. The van der Waals surface area contributed by atoms with E-state index in [9.17, 15) is 4.79 Å². The van der Waals surface area contributed by atoms with Gasteiger partial charge in [0, 0.05) is 37.6 Å². The first kappa shape index (κ1) is 15.7. The fraction of sp³-hybridized carbons (Fsp3) is 0.267. The molecule has 4 heterocycles. The number of hydrogen-bond acceptors (Lipinski definition) is 7. The fourth-order valence-electron chi connectivity index (χ4n) is 2.60. The van der Waals surface area contributed by atoms with Crippen molar-refractivity contribution in [2.45, 2.75) is 0 Å². The minimum absolute atomic E-state index is 0.209. The van der Waals surface area contributed by atoms with Gasteiger partial charge < -0.3 is 14.2 Å². The molecule has 2 aliphatic heterocycles. The Morgan fingerprint density at radius 1 is 1.25 bits per heavy atom. The molecule has 1 saturated heterocycles. The van der Waals surface area contributed by atoms with Crippen LogP contribution in [-0.2, 0) is 4.79 Å². The standard InChI is InChI=1S/C15H13ClN4O2S2/c16-13-11(9-23-18-13)19-3-5-20(6-4-19)15-17-14(21)12(24-15)8-10-2-1-7-22-10/h1-2,7-9H,3-6H2. The minimum Gasteiger partial charge on any atom is -0.465 e. The van der Waals surface area contributed by atoms with E-state index >= 15 is 0 Å². The third kappa shape index (κ3) is 3.09. The average molecular weight is 381 g/mol. The van der Waals surface area contributed by atoms with Gasteiger partial charge in [-0.15, -0.1) is 0 Å². The van der Waals surface area contributed by atoms with Gasteiger partial charge in [-0.1, -0.05) is 11.6 Å². The van der Waals surface area contributed by atoms with Crippen LogP contribution in [0.4, 0.5) is 5.69 Å². The zero-order valence-corrected chi connectivity index (χ0v) is 14.9. The topological polar surface area (TPSA) is 61.9 Å². The Hall–Kier alpha value is -1.77. The van der Waals surface area contributed by atoms with Crippen molar-refractivity contribution < 1.29 is 9.21 Å². The van der Waals surface area contributed by atoms with E-state index in [0.29, 0.717) is 15.8 Å². The molecule has 0 atom stereocenters. The lowest BCUT2D eigenvalue weighted by Gasteiger charge is -2.36. The molecule has 0 aromatic carbocycles. The van der Waals surface area contributed by atoms with Crippen molar-refractivity contribution in [2.75, 3.05) is 31.1 Å². The molecule has 0 saturated carbocycles. The van der Waals surface area contributed by atoms with Crippen LogP contribution in [0.1, 0.15) is 5.76 Å². The second-order valence-electron chi connectivity index (χ2n) is 5.29. The van der Waals surface area contributed by atoms with Crippen LogP contribution in [0.25, 0.3) is 6.08 Å². The highest BCUT2D eigenvalue weighted by atomic mass is 35.5. The van der Waals surface area contributed by atoms with Crippen LogP contribution in [0.3, 0.4) is 0 Å². The average Bonchev–Trinajstić information content (AvgIpc) is 3.31. The van der Waals surface area contributed by atoms with Gasteiger partial charge in [0.2, 0.25) is 0 Å². The first-order valence-corrected chi connectivity index (χ1v) is 9.39. The first-order chi connectivity index (χ1) is 11.7. The van der Waals surface area contributed by atoms with Crippen molar-refractivity contribution in [1.82, 2.24) is 9.27 Å². The van der Waals surface area contributed by atoms with Gasteiger partial charge in [0.15, 0.2) is 10.3 Å². The van der Waals surface area contributed by atoms with E-state index in [-0.39, 0.29) is 5.91 Å². The number of hydrogen-bond donors (Lipinski definition) is 0. The van der Waals surface area contributed by atoms with Gasteiger partial charge in [0.05, 0.1) is 16.9 Å². The third-order valence-corrected chi connectivity index (χ3v) is 5.86. The number of piperazine rings is 1. The maximum atomic E-state index is 12.1. The Morgan fingerprint density at radius 3 is 2.71 bits per heavy atom. The summed E-state index contributed by atoms with van der Waals surface area (Å²) in [5.74, 6) is 0.450. The molecular formula is C15H13ClN4O2S2. The van der Waals surface area contributed by atoms with Crippen molar-refractivity contribution in [3.63, 3.8) is 0 Å². The molecule has 0 unspecified atom stereocenters. The molecule has 0 N–H and O–H groups in total. The molecule has 2 aromatic rings. The molecule has 0 radical (unpaired) electrons. The Balaban J connectivity index is 1.41. The van der Waals surface area contributed by atoms with Crippen LogP contribution in [0.2, 0.25) is 5.15 Å². The Kier molecular flexibility index (Phi) is 4.34. The summed E-state index contributed by atoms with van der Waals surface area (Å²) in [6.45, 7) is 3.23. The number of amides is 1. The second-order valence-corrected chi connectivity index (χ2v) is 7.29. The van der Waals surface area contributed by atoms with Crippen LogP contribution in [0, 0.1) is 0 Å². The number of rotatable bonds is 2. The lowest BCUT2D eigenvalue weighted by molar-refractivity contribution is -0.113. The van der Waals surface area contributed by atoms with Crippen LogP contribution in [-0.4, -0.2) is 46.5 Å². The predicted molar refractivity (Wildman–Crippen MR) is 97.6 cm³/mol. The predicted octanol–water partition coefficient (Wildman–Crippen LogP) is 3.18. The minimum atomic E-state index is -0.209. The smallest absolute Gasteiger partial charge is 0.286 e. The molecule has 0 spiro atoms. The van der Waals surface area contributed by atoms with Crippen LogP contribution < -0.4 is 4.90 Å². The number of carbonyl (C=O) groups is 1. The Morgan fingerprint density at radius 2 is 2.04 bits per heavy atom. The first-order valence-electron chi connectivity index (χ1n) is 7.36. The number of halogens is 1. The number of anilines is 1. The van der Waals surface area contributed by atoms with E-state index in [1.807, 2.05) is 11.4 Å². The van der Waals surface area contributed by atoms with Crippen LogP contribution in [0.15, 0.2) is 38.1 Å². The van der Waals surface area contributed by atoms with Crippen molar-refractivity contribution in [1.29, 1.82) is 0 Å².